The Bertz CT molecular complexity index is 674. The van der Waals surface area contributed by atoms with E-state index in [-0.39, 0.29) is 5.56 Å². The van der Waals surface area contributed by atoms with Crippen molar-refractivity contribution in [3.05, 3.63) is 26.6 Å². The van der Waals surface area contributed by atoms with E-state index in [4.69, 9.17) is 0 Å². The van der Waals surface area contributed by atoms with E-state index in [1.54, 1.807) is 11.3 Å². The van der Waals surface area contributed by atoms with Crippen molar-refractivity contribution in [1.82, 2.24) is 15.3 Å². The van der Waals surface area contributed by atoms with Gasteiger partial charge in [0.05, 0.1) is 11.9 Å². The number of nitrogens with one attached hydrogen (secondary N) is 2. The molecule has 0 aromatic carbocycles. The second-order valence-corrected chi connectivity index (χ2v) is 7.21. The SMILES string of the molecule is CCC(C)CC(C)NCc1nc2sc(C)c(C)c2c(=O)[nH]1. The molecule has 0 radical (unpaired) electrons. The topological polar surface area (TPSA) is 57.8 Å². The van der Waals surface area contributed by atoms with Crippen molar-refractivity contribution in [2.45, 2.75) is 60.0 Å². The van der Waals surface area contributed by atoms with E-state index in [1.165, 1.54) is 11.3 Å². The van der Waals surface area contributed by atoms with Crippen molar-refractivity contribution in [2.24, 2.45) is 5.92 Å². The van der Waals surface area contributed by atoms with Crippen LogP contribution in [0, 0.1) is 19.8 Å². The van der Waals surface area contributed by atoms with Gasteiger partial charge in [0, 0.05) is 10.9 Å². The van der Waals surface area contributed by atoms with Gasteiger partial charge in [-0.05, 0) is 38.7 Å². The van der Waals surface area contributed by atoms with E-state index in [0.29, 0.717) is 18.5 Å². The molecule has 2 aromatic heterocycles. The molecule has 0 saturated carbocycles. The van der Waals surface area contributed by atoms with Crippen LogP contribution in [0.15, 0.2) is 4.79 Å². The fourth-order valence-corrected chi connectivity index (χ4v) is 3.56. The molecule has 0 aliphatic carbocycles. The molecule has 0 amide bonds. The number of hydrogen-bond donors (Lipinski definition) is 2. The molecule has 2 aromatic rings. The number of fused-ring (bicyclic) bond motifs is 1. The standard InChI is InChI=1S/C16H25N3OS/c1-6-9(2)7-10(3)17-8-13-18-15(20)14-11(4)12(5)21-16(14)19-13/h9-10,17H,6-8H2,1-5H3,(H,18,19,20). The van der Waals surface area contributed by atoms with Gasteiger partial charge < -0.3 is 10.3 Å². The zero-order valence-corrected chi connectivity index (χ0v) is 14.4. The summed E-state index contributed by atoms with van der Waals surface area (Å²) in [7, 11) is 0. The van der Waals surface area contributed by atoms with Gasteiger partial charge in [-0.1, -0.05) is 20.3 Å². The summed E-state index contributed by atoms with van der Waals surface area (Å²) in [6, 6.07) is 0.424. The summed E-state index contributed by atoms with van der Waals surface area (Å²) in [5.74, 6) is 1.44. The first-order valence-corrected chi connectivity index (χ1v) is 8.46. The third-order valence-corrected chi connectivity index (χ3v) is 5.26. The van der Waals surface area contributed by atoms with E-state index in [2.05, 4.69) is 36.1 Å². The average molecular weight is 307 g/mol. The molecule has 0 spiro atoms. The number of hydrogen-bond acceptors (Lipinski definition) is 4. The number of aryl methyl sites for hydroxylation is 2. The van der Waals surface area contributed by atoms with E-state index >= 15 is 0 Å². The lowest BCUT2D eigenvalue weighted by Crippen LogP contribution is -2.29. The molecule has 2 rings (SSSR count). The molecule has 21 heavy (non-hydrogen) atoms. The van der Waals surface area contributed by atoms with Crippen LogP contribution in [0.4, 0.5) is 0 Å². The van der Waals surface area contributed by atoms with Crippen LogP contribution in [-0.2, 0) is 6.54 Å². The maximum absolute atomic E-state index is 12.2. The molecular weight excluding hydrogens is 282 g/mol. The first kappa shape index (κ1) is 16.2. The quantitative estimate of drug-likeness (QED) is 0.858. The van der Waals surface area contributed by atoms with Crippen LogP contribution in [0.5, 0.6) is 0 Å². The summed E-state index contributed by atoms with van der Waals surface area (Å²) in [5.41, 5.74) is 1.03. The Morgan fingerprint density at radius 2 is 2.05 bits per heavy atom. The van der Waals surface area contributed by atoms with Gasteiger partial charge in [-0.15, -0.1) is 11.3 Å². The fraction of sp³-hybridized carbons (Fsp3) is 0.625. The molecule has 2 heterocycles. The van der Waals surface area contributed by atoms with Gasteiger partial charge in [-0.3, -0.25) is 4.79 Å². The number of thiophene rings is 1. The second-order valence-electron chi connectivity index (χ2n) is 6.01. The molecule has 0 bridgehead atoms. The predicted octanol–water partition coefficient (Wildman–Crippen LogP) is 3.52. The Morgan fingerprint density at radius 3 is 2.71 bits per heavy atom. The highest BCUT2D eigenvalue weighted by Crippen LogP contribution is 2.25. The highest BCUT2D eigenvalue weighted by atomic mass is 32.1. The molecule has 0 aliphatic rings. The Kier molecular flexibility index (Phi) is 5.17. The van der Waals surface area contributed by atoms with Gasteiger partial charge in [0.1, 0.15) is 10.7 Å². The molecule has 2 atom stereocenters. The van der Waals surface area contributed by atoms with Crippen LogP contribution in [0.1, 0.15) is 49.9 Å². The first-order chi connectivity index (χ1) is 9.92. The van der Waals surface area contributed by atoms with E-state index < -0.39 is 0 Å². The summed E-state index contributed by atoms with van der Waals surface area (Å²) in [6.07, 6.45) is 2.33. The van der Waals surface area contributed by atoms with Crippen LogP contribution in [-0.4, -0.2) is 16.0 Å². The van der Waals surface area contributed by atoms with E-state index in [0.717, 1.165) is 28.0 Å². The number of aromatic nitrogens is 2. The molecule has 116 valence electrons. The Morgan fingerprint density at radius 1 is 1.33 bits per heavy atom. The summed E-state index contributed by atoms with van der Waals surface area (Å²) in [5, 5.41) is 4.19. The fourth-order valence-electron chi connectivity index (χ4n) is 2.51. The number of rotatable bonds is 6. The Labute approximate surface area is 130 Å². The molecule has 0 fully saturated rings. The number of nitrogens with zero attached hydrogens (tertiary/aromatic N) is 1. The van der Waals surface area contributed by atoms with Gasteiger partial charge >= 0.3 is 0 Å². The van der Waals surface area contributed by atoms with Crippen LogP contribution >= 0.6 is 11.3 Å². The molecule has 4 nitrogen and oxygen atoms in total. The summed E-state index contributed by atoms with van der Waals surface area (Å²) in [6.45, 7) is 11.3. The lowest BCUT2D eigenvalue weighted by atomic mass is 10.0. The minimum Gasteiger partial charge on any atom is -0.309 e. The van der Waals surface area contributed by atoms with Crippen molar-refractivity contribution >= 4 is 21.6 Å². The van der Waals surface area contributed by atoms with Gasteiger partial charge in [-0.25, -0.2) is 4.98 Å². The molecular formula is C16H25N3OS. The van der Waals surface area contributed by atoms with Gasteiger partial charge in [0.25, 0.3) is 5.56 Å². The van der Waals surface area contributed by atoms with E-state index in [1.807, 2.05) is 13.8 Å². The third kappa shape index (κ3) is 3.71. The Hall–Kier alpha value is -1.20. The monoisotopic (exact) mass is 307 g/mol. The van der Waals surface area contributed by atoms with E-state index in [9.17, 15) is 4.79 Å². The van der Waals surface area contributed by atoms with Crippen molar-refractivity contribution in [3.8, 4) is 0 Å². The van der Waals surface area contributed by atoms with Crippen LogP contribution in [0.3, 0.4) is 0 Å². The first-order valence-electron chi connectivity index (χ1n) is 7.64. The molecule has 0 aliphatic heterocycles. The van der Waals surface area contributed by atoms with Gasteiger partial charge in [-0.2, -0.15) is 0 Å². The van der Waals surface area contributed by atoms with Crippen molar-refractivity contribution in [2.75, 3.05) is 0 Å². The zero-order chi connectivity index (χ0) is 15.6. The van der Waals surface area contributed by atoms with Crippen LogP contribution in [0.25, 0.3) is 10.2 Å². The highest BCUT2D eigenvalue weighted by Gasteiger charge is 2.12. The van der Waals surface area contributed by atoms with Crippen molar-refractivity contribution in [1.29, 1.82) is 0 Å². The maximum Gasteiger partial charge on any atom is 0.259 e. The van der Waals surface area contributed by atoms with Gasteiger partial charge in [0.15, 0.2) is 0 Å². The van der Waals surface area contributed by atoms with Crippen molar-refractivity contribution in [3.63, 3.8) is 0 Å². The normalized spacial score (nSPS) is 14.5. The maximum atomic E-state index is 12.2. The summed E-state index contributed by atoms with van der Waals surface area (Å²) < 4.78 is 0. The third-order valence-electron chi connectivity index (χ3n) is 4.16. The smallest absolute Gasteiger partial charge is 0.259 e. The molecule has 2 N–H and O–H groups in total. The highest BCUT2D eigenvalue weighted by molar-refractivity contribution is 7.18. The van der Waals surface area contributed by atoms with Gasteiger partial charge in [0.2, 0.25) is 0 Å². The minimum absolute atomic E-state index is 0.0202. The summed E-state index contributed by atoms with van der Waals surface area (Å²) in [4.78, 5) is 21.7. The lowest BCUT2D eigenvalue weighted by Gasteiger charge is -2.17. The van der Waals surface area contributed by atoms with Crippen LogP contribution in [0.2, 0.25) is 0 Å². The predicted molar refractivity (Wildman–Crippen MR) is 90.1 cm³/mol. The number of aromatic amines is 1. The average Bonchev–Trinajstić information content (AvgIpc) is 2.72. The largest absolute Gasteiger partial charge is 0.309 e. The number of H-pyrrole nitrogens is 1. The molecule has 0 saturated heterocycles. The minimum atomic E-state index is -0.0202. The Balaban J connectivity index is 2.11. The zero-order valence-electron chi connectivity index (χ0n) is 13.5. The molecule has 2 unspecified atom stereocenters. The molecule has 5 heteroatoms. The second kappa shape index (κ2) is 6.71. The lowest BCUT2D eigenvalue weighted by molar-refractivity contribution is 0.409. The van der Waals surface area contributed by atoms with Crippen LogP contribution < -0.4 is 10.9 Å². The summed E-state index contributed by atoms with van der Waals surface area (Å²) >= 11 is 1.60. The van der Waals surface area contributed by atoms with Crippen molar-refractivity contribution < 1.29 is 0 Å².